The molecule has 20 heavy (non-hydrogen) atoms. The predicted octanol–water partition coefficient (Wildman–Crippen LogP) is 1.79. The van der Waals surface area contributed by atoms with E-state index in [0.717, 1.165) is 12.8 Å². The molecule has 112 valence electrons. The molecule has 0 bridgehead atoms. The first kappa shape index (κ1) is 15.3. The summed E-state index contributed by atoms with van der Waals surface area (Å²) in [5.74, 6) is 0.533. The summed E-state index contributed by atoms with van der Waals surface area (Å²) < 4.78 is 37.6. The van der Waals surface area contributed by atoms with Crippen molar-refractivity contribution in [1.82, 2.24) is 4.72 Å². The maximum atomic E-state index is 12.3. The van der Waals surface area contributed by atoms with E-state index in [4.69, 9.17) is 9.47 Å². The maximum absolute atomic E-state index is 12.3. The minimum atomic E-state index is -3.50. The molecule has 1 heterocycles. The van der Waals surface area contributed by atoms with Crippen molar-refractivity contribution in [2.45, 2.75) is 24.7 Å². The predicted molar refractivity (Wildman–Crippen MR) is 76.3 cm³/mol. The van der Waals surface area contributed by atoms with Crippen LogP contribution in [0.1, 0.15) is 19.8 Å². The summed E-state index contributed by atoms with van der Waals surface area (Å²) in [4.78, 5) is 0.229. The van der Waals surface area contributed by atoms with Crippen molar-refractivity contribution in [3.05, 3.63) is 24.3 Å². The van der Waals surface area contributed by atoms with Crippen LogP contribution in [0.15, 0.2) is 29.2 Å². The first-order valence-electron chi connectivity index (χ1n) is 6.67. The largest absolute Gasteiger partial charge is 0.497 e. The zero-order chi connectivity index (χ0) is 14.6. The van der Waals surface area contributed by atoms with Crippen molar-refractivity contribution >= 4 is 10.0 Å². The standard InChI is InChI=1S/C14H21NO4S/c1-14(6-8-19-9-7-14)11-15-20(16,17)13-5-3-4-12(10-13)18-2/h3-5,10,15H,6-9,11H2,1-2H3. The van der Waals surface area contributed by atoms with Crippen molar-refractivity contribution in [1.29, 1.82) is 0 Å². The average Bonchev–Trinajstić information content (AvgIpc) is 2.46. The SMILES string of the molecule is COc1cccc(S(=O)(=O)NCC2(C)CCOCC2)c1. The van der Waals surface area contributed by atoms with Gasteiger partial charge in [0.2, 0.25) is 10.0 Å². The van der Waals surface area contributed by atoms with Gasteiger partial charge in [-0.1, -0.05) is 13.0 Å². The van der Waals surface area contributed by atoms with E-state index in [0.29, 0.717) is 25.5 Å². The van der Waals surface area contributed by atoms with Gasteiger partial charge in [0.25, 0.3) is 0 Å². The second kappa shape index (κ2) is 6.11. The molecule has 1 fully saturated rings. The fourth-order valence-electron chi connectivity index (χ4n) is 2.16. The molecule has 1 aliphatic rings. The summed E-state index contributed by atoms with van der Waals surface area (Å²) in [5, 5.41) is 0. The van der Waals surface area contributed by atoms with E-state index >= 15 is 0 Å². The van der Waals surface area contributed by atoms with Gasteiger partial charge >= 0.3 is 0 Å². The summed E-state index contributed by atoms with van der Waals surface area (Å²) >= 11 is 0. The molecule has 1 aromatic carbocycles. The van der Waals surface area contributed by atoms with Crippen LogP contribution in [0.2, 0.25) is 0 Å². The van der Waals surface area contributed by atoms with Gasteiger partial charge in [-0.15, -0.1) is 0 Å². The quantitative estimate of drug-likeness (QED) is 0.900. The van der Waals surface area contributed by atoms with Gasteiger partial charge in [0.1, 0.15) is 5.75 Å². The highest BCUT2D eigenvalue weighted by Crippen LogP contribution is 2.29. The molecule has 0 saturated carbocycles. The second-order valence-electron chi connectivity index (χ2n) is 5.43. The first-order valence-corrected chi connectivity index (χ1v) is 8.15. The monoisotopic (exact) mass is 299 g/mol. The number of benzene rings is 1. The molecule has 1 N–H and O–H groups in total. The molecule has 2 rings (SSSR count). The highest BCUT2D eigenvalue weighted by atomic mass is 32.2. The zero-order valence-corrected chi connectivity index (χ0v) is 12.7. The fourth-order valence-corrected chi connectivity index (χ4v) is 3.40. The normalized spacial score (nSPS) is 18.7. The number of hydrogen-bond acceptors (Lipinski definition) is 4. The summed E-state index contributed by atoms with van der Waals surface area (Å²) in [7, 11) is -1.99. The Morgan fingerprint density at radius 1 is 1.35 bits per heavy atom. The molecule has 0 aliphatic carbocycles. The van der Waals surface area contributed by atoms with Crippen LogP contribution in [0.5, 0.6) is 5.75 Å². The van der Waals surface area contributed by atoms with Crippen molar-refractivity contribution in [2.75, 3.05) is 26.9 Å². The van der Waals surface area contributed by atoms with Crippen molar-refractivity contribution in [3.8, 4) is 5.75 Å². The molecule has 0 unspecified atom stereocenters. The number of ether oxygens (including phenoxy) is 2. The van der Waals surface area contributed by atoms with Crippen LogP contribution in [0, 0.1) is 5.41 Å². The van der Waals surface area contributed by atoms with E-state index in [1.165, 1.54) is 13.2 Å². The molecular weight excluding hydrogens is 278 g/mol. The third-order valence-electron chi connectivity index (χ3n) is 3.74. The first-order chi connectivity index (χ1) is 9.45. The van der Waals surface area contributed by atoms with Gasteiger partial charge in [0, 0.05) is 25.8 Å². The molecular formula is C14H21NO4S. The van der Waals surface area contributed by atoms with Gasteiger partial charge in [-0.3, -0.25) is 0 Å². The van der Waals surface area contributed by atoms with Crippen molar-refractivity contribution in [3.63, 3.8) is 0 Å². The minimum absolute atomic E-state index is 0.0375. The van der Waals surface area contributed by atoms with Crippen LogP contribution in [0.3, 0.4) is 0 Å². The van der Waals surface area contributed by atoms with Crippen molar-refractivity contribution in [2.24, 2.45) is 5.41 Å². The molecule has 6 heteroatoms. The number of nitrogens with one attached hydrogen (secondary N) is 1. The summed E-state index contributed by atoms with van der Waals surface area (Å²) in [6, 6.07) is 6.48. The molecule has 1 saturated heterocycles. The topological polar surface area (TPSA) is 64.6 Å². The number of rotatable bonds is 5. The lowest BCUT2D eigenvalue weighted by molar-refractivity contribution is 0.0265. The van der Waals surface area contributed by atoms with E-state index in [9.17, 15) is 8.42 Å². The van der Waals surface area contributed by atoms with E-state index in [1.54, 1.807) is 18.2 Å². The Hall–Kier alpha value is -1.11. The maximum Gasteiger partial charge on any atom is 0.240 e. The Morgan fingerprint density at radius 3 is 2.70 bits per heavy atom. The van der Waals surface area contributed by atoms with Gasteiger partial charge in [-0.05, 0) is 30.4 Å². The molecule has 0 atom stereocenters. The minimum Gasteiger partial charge on any atom is -0.497 e. The lowest BCUT2D eigenvalue weighted by Crippen LogP contribution is -2.39. The molecule has 1 aromatic rings. The Labute approximate surface area is 120 Å². The van der Waals surface area contributed by atoms with Crippen LogP contribution in [-0.4, -0.2) is 35.3 Å². The summed E-state index contributed by atoms with van der Waals surface area (Å²) in [6.07, 6.45) is 1.74. The van der Waals surface area contributed by atoms with E-state index in [1.807, 2.05) is 0 Å². The Morgan fingerprint density at radius 2 is 2.05 bits per heavy atom. The van der Waals surface area contributed by atoms with Crippen molar-refractivity contribution < 1.29 is 17.9 Å². The summed E-state index contributed by atoms with van der Waals surface area (Å²) in [5.41, 5.74) is -0.0375. The number of methoxy groups -OCH3 is 1. The number of hydrogen-bond donors (Lipinski definition) is 1. The van der Waals surface area contributed by atoms with Gasteiger partial charge < -0.3 is 9.47 Å². The molecule has 5 nitrogen and oxygen atoms in total. The Balaban J connectivity index is 2.06. The average molecular weight is 299 g/mol. The molecule has 1 aliphatic heterocycles. The second-order valence-corrected chi connectivity index (χ2v) is 7.19. The van der Waals surface area contributed by atoms with Gasteiger partial charge in [0.05, 0.1) is 12.0 Å². The third kappa shape index (κ3) is 3.71. The van der Waals surface area contributed by atoms with E-state index in [2.05, 4.69) is 11.6 Å². The number of sulfonamides is 1. The van der Waals surface area contributed by atoms with Crippen LogP contribution in [-0.2, 0) is 14.8 Å². The fraction of sp³-hybridized carbons (Fsp3) is 0.571. The smallest absolute Gasteiger partial charge is 0.240 e. The zero-order valence-electron chi connectivity index (χ0n) is 11.9. The third-order valence-corrected chi connectivity index (χ3v) is 5.14. The van der Waals surface area contributed by atoms with Gasteiger partial charge in [-0.25, -0.2) is 13.1 Å². The van der Waals surface area contributed by atoms with E-state index in [-0.39, 0.29) is 10.3 Å². The highest BCUT2D eigenvalue weighted by Gasteiger charge is 2.29. The molecule has 0 spiro atoms. The van der Waals surface area contributed by atoms with Crippen LogP contribution in [0.25, 0.3) is 0 Å². The summed E-state index contributed by atoms with van der Waals surface area (Å²) in [6.45, 7) is 3.90. The highest BCUT2D eigenvalue weighted by molar-refractivity contribution is 7.89. The molecule has 0 aromatic heterocycles. The molecule has 0 radical (unpaired) electrons. The van der Waals surface area contributed by atoms with Crippen LogP contribution >= 0.6 is 0 Å². The van der Waals surface area contributed by atoms with Gasteiger partial charge in [0.15, 0.2) is 0 Å². The lowest BCUT2D eigenvalue weighted by atomic mass is 9.83. The Kier molecular flexibility index (Phi) is 4.67. The van der Waals surface area contributed by atoms with Crippen LogP contribution < -0.4 is 9.46 Å². The van der Waals surface area contributed by atoms with Crippen LogP contribution in [0.4, 0.5) is 0 Å². The Bertz CT molecular complexity index is 550. The lowest BCUT2D eigenvalue weighted by Gasteiger charge is -2.33. The van der Waals surface area contributed by atoms with Gasteiger partial charge in [-0.2, -0.15) is 0 Å². The van der Waals surface area contributed by atoms with E-state index < -0.39 is 10.0 Å². The molecule has 0 amide bonds.